The number of carbonyl (C=O) groups excluding carboxylic acids is 2. The molecule has 10 heteroatoms. The lowest BCUT2D eigenvalue weighted by atomic mass is 10.1. The lowest BCUT2D eigenvalue weighted by Gasteiger charge is -2.08. The van der Waals surface area contributed by atoms with Crippen molar-refractivity contribution in [2.75, 3.05) is 13.1 Å². The Kier molecular flexibility index (Phi) is 14.6. The van der Waals surface area contributed by atoms with Crippen molar-refractivity contribution in [3.8, 4) is 0 Å². The normalized spacial score (nSPS) is 12.8. The molecule has 0 saturated heterocycles. The van der Waals surface area contributed by atoms with Crippen molar-refractivity contribution in [1.82, 2.24) is 10.6 Å². The molecule has 0 rings (SSSR count). The van der Waals surface area contributed by atoms with Crippen LogP contribution in [0.15, 0.2) is 0 Å². The molecule has 0 aromatic heterocycles. The molecular weight excluding hydrogens is 368 g/mol. The summed E-state index contributed by atoms with van der Waals surface area (Å²) in [4.78, 5) is 44.4. The average molecular weight is 402 g/mol. The van der Waals surface area contributed by atoms with Crippen molar-refractivity contribution in [3.63, 3.8) is 0 Å². The van der Waals surface area contributed by atoms with Gasteiger partial charge in [-0.05, 0) is 51.4 Å². The number of rotatable bonds is 17. The van der Waals surface area contributed by atoms with Gasteiger partial charge < -0.3 is 32.3 Å². The number of carbonyl (C=O) groups is 4. The summed E-state index contributed by atoms with van der Waals surface area (Å²) in [6, 6.07) is -1.71. The molecule has 0 aliphatic heterocycles. The van der Waals surface area contributed by atoms with Crippen molar-refractivity contribution in [2.24, 2.45) is 11.5 Å². The minimum atomic E-state index is -1.02. The highest BCUT2D eigenvalue weighted by atomic mass is 16.4. The summed E-state index contributed by atoms with van der Waals surface area (Å²) >= 11 is 0. The number of hydrogen-bond donors (Lipinski definition) is 6. The SMILES string of the molecule is NC(CCCCNC(=O)CCCCC(=O)NCCCCC(N)C(=O)O)C(=O)O. The van der Waals surface area contributed by atoms with E-state index in [-0.39, 0.29) is 11.8 Å². The Balaban J connectivity index is 3.50. The molecule has 0 spiro atoms. The van der Waals surface area contributed by atoms with Crippen molar-refractivity contribution < 1.29 is 29.4 Å². The van der Waals surface area contributed by atoms with E-state index >= 15 is 0 Å². The second kappa shape index (κ2) is 15.8. The topological polar surface area (TPSA) is 185 Å². The number of aliphatic carboxylic acids is 2. The van der Waals surface area contributed by atoms with Gasteiger partial charge in [-0.25, -0.2) is 0 Å². The molecule has 10 nitrogen and oxygen atoms in total. The fraction of sp³-hybridized carbons (Fsp3) is 0.778. The van der Waals surface area contributed by atoms with E-state index in [4.69, 9.17) is 21.7 Å². The maximum Gasteiger partial charge on any atom is 0.320 e. The van der Waals surface area contributed by atoms with E-state index in [9.17, 15) is 19.2 Å². The van der Waals surface area contributed by atoms with Crippen LogP contribution in [0.5, 0.6) is 0 Å². The number of nitrogens with one attached hydrogen (secondary N) is 2. The zero-order valence-corrected chi connectivity index (χ0v) is 16.3. The van der Waals surface area contributed by atoms with Crippen LogP contribution in [0.2, 0.25) is 0 Å². The maximum atomic E-state index is 11.7. The van der Waals surface area contributed by atoms with Gasteiger partial charge in [-0.15, -0.1) is 0 Å². The monoisotopic (exact) mass is 402 g/mol. The zero-order chi connectivity index (χ0) is 21.4. The van der Waals surface area contributed by atoms with Gasteiger partial charge >= 0.3 is 11.9 Å². The number of hydrogen-bond acceptors (Lipinski definition) is 6. The maximum absolute atomic E-state index is 11.7. The third kappa shape index (κ3) is 14.9. The van der Waals surface area contributed by atoms with Crippen molar-refractivity contribution in [1.29, 1.82) is 0 Å². The predicted molar refractivity (Wildman–Crippen MR) is 103 cm³/mol. The Morgan fingerprint density at radius 2 is 1.00 bits per heavy atom. The van der Waals surface area contributed by atoms with Gasteiger partial charge in [0.2, 0.25) is 11.8 Å². The molecule has 2 unspecified atom stereocenters. The molecule has 0 aromatic carbocycles. The minimum Gasteiger partial charge on any atom is -0.480 e. The van der Waals surface area contributed by atoms with E-state index in [0.717, 1.165) is 0 Å². The first-order chi connectivity index (χ1) is 13.2. The molecule has 0 fully saturated rings. The molecule has 0 aliphatic rings. The molecule has 0 saturated carbocycles. The fourth-order valence-corrected chi connectivity index (χ4v) is 2.43. The summed E-state index contributed by atoms with van der Waals surface area (Å²) in [5, 5.41) is 22.8. The highest BCUT2D eigenvalue weighted by Gasteiger charge is 2.11. The molecule has 162 valence electrons. The second-order valence-electron chi connectivity index (χ2n) is 6.79. The quantitative estimate of drug-likeness (QED) is 0.183. The van der Waals surface area contributed by atoms with Gasteiger partial charge in [0, 0.05) is 25.9 Å². The Labute approximate surface area is 165 Å². The van der Waals surface area contributed by atoms with Crippen LogP contribution in [-0.2, 0) is 19.2 Å². The van der Waals surface area contributed by atoms with Crippen LogP contribution in [0, 0.1) is 0 Å². The summed E-state index contributed by atoms with van der Waals surface area (Å²) in [6.07, 6.45) is 5.28. The summed E-state index contributed by atoms with van der Waals surface area (Å²) in [5.41, 5.74) is 10.8. The van der Waals surface area contributed by atoms with Gasteiger partial charge in [0.15, 0.2) is 0 Å². The fourth-order valence-electron chi connectivity index (χ4n) is 2.43. The van der Waals surface area contributed by atoms with Crippen molar-refractivity contribution >= 4 is 23.8 Å². The molecule has 0 aromatic rings. The molecule has 0 heterocycles. The largest absolute Gasteiger partial charge is 0.480 e. The third-order valence-electron chi connectivity index (χ3n) is 4.22. The van der Waals surface area contributed by atoms with Gasteiger partial charge in [0.1, 0.15) is 12.1 Å². The van der Waals surface area contributed by atoms with E-state index < -0.39 is 24.0 Å². The van der Waals surface area contributed by atoms with Crippen molar-refractivity contribution in [3.05, 3.63) is 0 Å². The number of amides is 2. The second-order valence-corrected chi connectivity index (χ2v) is 6.79. The lowest BCUT2D eigenvalue weighted by molar-refractivity contribution is -0.139. The van der Waals surface area contributed by atoms with Gasteiger partial charge in [-0.2, -0.15) is 0 Å². The smallest absolute Gasteiger partial charge is 0.320 e. The van der Waals surface area contributed by atoms with Crippen LogP contribution in [0.4, 0.5) is 0 Å². The summed E-state index contributed by atoms with van der Waals surface area (Å²) in [5.74, 6) is -2.21. The van der Waals surface area contributed by atoms with Crippen LogP contribution in [0.25, 0.3) is 0 Å². The Bertz CT molecular complexity index is 456. The molecule has 0 aliphatic carbocycles. The van der Waals surface area contributed by atoms with Gasteiger partial charge in [0.25, 0.3) is 0 Å². The van der Waals surface area contributed by atoms with Crippen LogP contribution in [0.3, 0.4) is 0 Å². The first kappa shape index (κ1) is 25.8. The van der Waals surface area contributed by atoms with Crippen LogP contribution < -0.4 is 22.1 Å². The van der Waals surface area contributed by atoms with E-state index in [1.807, 2.05) is 0 Å². The average Bonchev–Trinajstić information content (AvgIpc) is 2.64. The summed E-state index contributed by atoms with van der Waals surface area (Å²) < 4.78 is 0. The molecule has 2 amide bonds. The molecule has 28 heavy (non-hydrogen) atoms. The third-order valence-corrected chi connectivity index (χ3v) is 4.22. The van der Waals surface area contributed by atoms with Crippen LogP contribution >= 0.6 is 0 Å². The lowest BCUT2D eigenvalue weighted by Crippen LogP contribution is -2.30. The van der Waals surface area contributed by atoms with Gasteiger partial charge in [-0.1, -0.05) is 0 Å². The Hall–Kier alpha value is -2.20. The molecule has 2 atom stereocenters. The number of carboxylic acid groups (broad SMARTS) is 2. The van der Waals surface area contributed by atoms with Crippen LogP contribution in [-0.4, -0.2) is 59.1 Å². The van der Waals surface area contributed by atoms with Crippen molar-refractivity contribution in [2.45, 2.75) is 76.3 Å². The van der Waals surface area contributed by atoms with E-state index in [0.29, 0.717) is 77.3 Å². The number of nitrogens with two attached hydrogens (primary N) is 2. The molecule has 8 N–H and O–H groups in total. The van der Waals surface area contributed by atoms with E-state index in [1.165, 1.54) is 0 Å². The van der Waals surface area contributed by atoms with Gasteiger partial charge in [-0.3, -0.25) is 19.2 Å². The Morgan fingerprint density at radius 1 is 0.643 bits per heavy atom. The standard InChI is InChI=1S/C18H34N4O6/c19-13(17(25)26)7-3-5-11-21-15(23)9-1-2-10-16(24)22-12-6-4-8-14(20)18(27)28/h13-14H,1-12,19-20H2,(H,21,23)(H,22,24)(H,25,26)(H,27,28). The first-order valence-corrected chi connectivity index (χ1v) is 9.74. The molecule has 0 bridgehead atoms. The van der Waals surface area contributed by atoms with Gasteiger partial charge in [0.05, 0.1) is 0 Å². The predicted octanol–water partition coefficient (Wildman–Crippen LogP) is -0.0564. The highest BCUT2D eigenvalue weighted by Crippen LogP contribution is 2.02. The number of unbranched alkanes of at least 4 members (excludes halogenated alkanes) is 3. The van der Waals surface area contributed by atoms with E-state index in [1.54, 1.807) is 0 Å². The Morgan fingerprint density at radius 3 is 1.32 bits per heavy atom. The zero-order valence-electron chi connectivity index (χ0n) is 16.3. The van der Waals surface area contributed by atoms with Crippen LogP contribution in [0.1, 0.15) is 64.2 Å². The molecular formula is C18H34N4O6. The number of carboxylic acids is 2. The summed E-state index contributed by atoms with van der Waals surface area (Å²) in [6.45, 7) is 0.967. The minimum absolute atomic E-state index is 0.0855. The summed E-state index contributed by atoms with van der Waals surface area (Å²) in [7, 11) is 0. The van der Waals surface area contributed by atoms with E-state index in [2.05, 4.69) is 10.6 Å². The molecule has 0 radical (unpaired) electrons. The first-order valence-electron chi connectivity index (χ1n) is 9.74. The highest BCUT2D eigenvalue weighted by molar-refractivity contribution is 5.77.